The summed E-state index contributed by atoms with van der Waals surface area (Å²) >= 11 is 0. The highest BCUT2D eigenvalue weighted by molar-refractivity contribution is 7.47. The van der Waals surface area contributed by atoms with Crippen LogP contribution in [0.2, 0.25) is 0 Å². The molecule has 0 amide bonds. The molecule has 3 aliphatic rings. The lowest BCUT2D eigenvalue weighted by atomic mass is 9.84. The minimum atomic E-state index is -5.11. The van der Waals surface area contributed by atoms with Gasteiger partial charge in [0.2, 0.25) is 0 Å². The van der Waals surface area contributed by atoms with Crippen molar-refractivity contribution in [2.75, 3.05) is 19.8 Å². The molecule has 3 fully saturated rings. The first-order valence-electron chi connectivity index (χ1n) is 14.8. The molecule has 3 rings (SSSR count). The molecular weight excluding hydrogens is 635 g/mol. The Morgan fingerprint density at radius 2 is 1.00 bits per heavy atom. The summed E-state index contributed by atoms with van der Waals surface area (Å²) in [5.74, 6) is 0. The minimum absolute atomic E-state index is 0.256. The van der Waals surface area contributed by atoms with Crippen molar-refractivity contribution in [2.24, 2.45) is 0 Å². The maximum atomic E-state index is 13.1. The van der Waals surface area contributed by atoms with Crippen LogP contribution in [-0.4, -0.2) is 179 Å². The first-order chi connectivity index (χ1) is 21.2. The fourth-order valence-corrected chi connectivity index (χ4v) is 6.31. The average Bonchev–Trinajstić information content (AvgIpc) is 3.01. The molecule has 1 aliphatic carbocycles. The van der Waals surface area contributed by atoms with Crippen LogP contribution >= 0.6 is 7.82 Å². The highest BCUT2D eigenvalue weighted by Crippen LogP contribution is 2.48. The summed E-state index contributed by atoms with van der Waals surface area (Å²) in [7, 11) is -5.11. The number of rotatable bonds is 15. The third-order valence-electron chi connectivity index (χ3n) is 8.06. The number of aliphatic hydroxyl groups excluding tert-OH is 11. The van der Waals surface area contributed by atoms with Crippen LogP contribution in [0.25, 0.3) is 0 Å². The molecule has 0 bridgehead atoms. The number of hydrogen-bond acceptors (Lipinski definition) is 18. The fraction of sp³-hybridized carbons (Fsp3) is 1.00. The second-order valence-corrected chi connectivity index (χ2v) is 12.8. The van der Waals surface area contributed by atoms with Crippen LogP contribution in [0.1, 0.15) is 39.0 Å². The molecule has 2 heterocycles. The molecule has 12 N–H and O–H groups in total. The number of unbranched alkanes of at least 4 members (excludes halogenated alkanes) is 4. The zero-order valence-corrected chi connectivity index (χ0v) is 25.5. The van der Waals surface area contributed by atoms with Gasteiger partial charge < -0.3 is 80.0 Å². The quantitative estimate of drug-likeness (QED) is 0.0568. The molecule has 2 aliphatic heterocycles. The predicted molar refractivity (Wildman–Crippen MR) is 145 cm³/mol. The predicted octanol–water partition coefficient (Wildman–Crippen LogP) is -5.07. The largest absolute Gasteiger partial charge is 0.472 e. The van der Waals surface area contributed by atoms with Gasteiger partial charge in [-0.15, -0.1) is 0 Å². The molecule has 0 aromatic carbocycles. The van der Waals surface area contributed by atoms with Gasteiger partial charge in [-0.1, -0.05) is 32.6 Å². The molecular formula is C25H47O19P. The van der Waals surface area contributed by atoms with Crippen LogP contribution in [0.4, 0.5) is 0 Å². The molecule has 19 nitrogen and oxygen atoms in total. The van der Waals surface area contributed by atoms with E-state index in [1.807, 2.05) is 6.92 Å². The lowest BCUT2D eigenvalue weighted by Crippen LogP contribution is -2.69. The number of ether oxygens (including phenoxy) is 4. The van der Waals surface area contributed by atoms with E-state index < -0.39 is 119 Å². The standard InChI is InChI=1S/C25H47O19P/c1-2-3-4-5-6-7-39-45(37,38)44-23-21(42-24-19(35)14(30)12(28)10(8-26)40-24)17(33)16(32)18(34)22(23)43-25-20(36)15(31)13(29)11(9-27)41-25/h10-36H,2-9H2,1H3,(H,37,38)/t10?,11?,12-,13-,14?,15?,16?,17?,18?,19-,20-,21+,22?,23?,24-,25-/m1/s1. The van der Waals surface area contributed by atoms with Crippen molar-refractivity contribution < 1.29 is 93.6 Å². The van der Waals surface area contributed by atoms with Crippen molar-refractivity contribution >= 4 is 7.82 Å². The second kappa shape index (κ2) is 17.3. The first-order valence-corrected chi connectivity index (χ1v) is 16.3. The summed E-state index contributed by atoms with van der Waals surface area (Å²) in [6.45, 7) is 0.0239. The van der Waals surface area contributed by atoms with E-state index >= 15 is 0 Å². The van der Waals surface area contributed by atoms with Gasteiger partial charge in [0.05, 0.1) is 19.8 Å². The zero-order valence-electron chi connectivity index (χ0n) is 24.6. The Balaban J connectivity index is 1.92. The topological polar surface area (TPSA) is 315 Å². The molecule has 0 aromatic heterocycles. The van der Waals surface area contributed by atoms with Crippen LogP contribution in [0.5, 0.6) is 0 Å². The van der Waals surface area contributed by atoms with Gasteiger partial charge in [0.15, 0.2) is 12.6 Å². The Hall–Kier alpha value is -0.490. The van der Waals surface area contributed by atoms with Crippen LogP contribution < -0.4 is 0 Å². The zero-order chi connectivity index (χ0) is 33.6. The second-order valence-electron chi connectivity index (χ2n) is 11.4. The fourth-order valence-electron chi connectivity index (χ4n) is 5.34. The Kier molecular flexibility index (Phi) is 14.9. The van der Waals surface area contributed by atoms with E-state index in [1.54, 1.807) is 0 Å². The first kappa shape index (κ1) is 39.0. The lowest BCUT2D eigenvalue weighted by Gasteiger charge is -2.49. The summed E-state index contributed by atoms with van der Waals surface area (Å²) < 4.78 is 45.1. The minimum Gasteiger partial charge on any atom is -0.394 e. The normalized spacial score (nSPS) is 45.7. The molecule has 266 valence electrons. The van der Waals surface area contributed by atoms with Crippen molar-refractivity contribution in [3.05, 3.63) is 0 Å². The van der Waals surface area contributed by atoms with Crippen molar-refractivity contribution in [1.29, 1.82) is 0 Å². The van der Waals surface area contributed by atoms with E-state index in [0.29, 0.717) is 12.8 Å². The Labute approximate surface area is 258 Å². The molecule has 0 radical (unpaired) electrons. The summed E-state index contributed by atoms with van der Waals surface area (Å²) in [6, 6.07) is 0. The maximum Gasteiger partial charge on any atom is 0.472 e. The highest BCUT2D eigenvalue weighted by Gasteiger charge is 2.58. The average molecular weight is 683 g/mol. The van der Waals surface area contributed by atoms with Crippen LogP contribution in [0.3, 0.4) is 0 Å². The number of aliphatic hydroxyl groups is 11. The van der Waals surface area contributed by atoms with Crippen LogP contribution in [-0.2, 0) is 32.6 Å². The van der Waals surface area contributed by atoms with Crippen molar-refractivity contribution in [3.8, 4) is 0 Å². The van der Waals surface area contributed by atoms with Gasteiger partial charge in [0.1, 0.15) is 85.5 Å². The van der Waals surface area contributed by atoms with E-state index in [2.05, 4.69) is 0 Å². The van der Waals surface area contributed by atoms with Gasteiger partial charge in [-0.2, -0.15) is 0 Å². The van der Waals surface area contributed by atoms with Gasteiger partial charge in [-0.25, -0.2) is 4.57 Å². The van der Waals surface area contributed by atoms with E-state index in [0.717, 1.165) is 19.3 Å². The maximum absolute atomic E-state index is 13.1. The van der Waals surface area contributed by atoms with Gasteiger partial charge in [-0.05, 0) is 6.42 Å². The Bertz CT molecular complexity index is 877. The number of hydrogen-bond donors (Lipinski definition) is 12. The number of phosphoric acid groups is 1. The van der Waals surface area contributed by atoms with E-state index in [1.165, 1.54) is 0 Å². The monoisotopic (exact) mass is 682 g/mol. The SMILES string of the molecule is CCCCCCCOP(=O)(O)OC1C(O[C@H]2OC(CO)[C@@H](O)C(O)[C@H]2O)C(O)C(O)C(O)[C@@H]1O[C@H]1OC(CO)[C@@H](O)C(O)[C@H]1O. The van der Waals surface area contributed by atoms with Crippen molar-refractivity contribution in [3.63, 3.8) is 0 Å². The molecule has 45 heavy (non-hydrogen) atoms. The lowest BCUT2D eigenvalue weighted by molar-refractivity contribution is -0.360. The molecule has 1 saturated carbocycles. The van der Waals surface area contributed by atoms with Crippen molar-refractivity contribution in [1.82, 2.24) is 0 Å². The van der Waals surface area contributed by atoms with Crippen molar-refractivity contribution in [2.45, 2.75) is 137 Å². The summed E-state index contributed by atoms with van der Waals surface area (Å²) in [5.41, 5.74) is 0. The van der Waals surface area contributed by atoms with E-state index in [-0.39, 0.29) is 6.61 Å². The van der Waals surface area contributed by atoms with Crippen LogP contribution in [0, 0.1) is 0 Å². The summed E-state index contributed by atoms with van der Waals surface area (Å²) in [6.07, 6.45) is -27.5. The summed E-state index contributed by atoms with van der Waals surface area (Å²) in [5, 5.41) is 113. The number of phosphoric ester groups is 1. The van der Waals surface area contributed by atoms with Gasteiger partial charge in [0, 0.05) is 0 Å². The molecule has 17 atom stereocenters. The Morgan fingerprint density at radius 1 is 0.578 bits per heavy atom. The molecule has 0 aromatic rings. The Morgan fingerprint density at radius 3 is 1.42 bits per heavy atom. The molecule has 20 heteroatoms. The summed E-state index contributed by atoms with van der Waals surface area (Å²) in [4.78, 5) is 10.6. The van der Waals surface area contributed by atoms with E-state index in [9.17, 15) is 65.6 Å². The van der Waals surface area contributed by atoms with Gasteiger partial charge in [-0.3, -0.25) is 9.05 Å². The van der Waals surface area contributed by atoms with Gasteiger partial charge >= 0.3 is 7.82 Å². The van der Waals surface area contributed by atoms with Crippen LogP contribution in [0.15, 0.2) is 0 Å². The third kappa shape index (κ3) is 9.36. The molecule has 2 saturated heterocycles. The molecule has 10 unspecified atom stereocenters. The van der Waals surface area contributed by atoms with Gasteiger partial charge in [0.25, 0.3) is 0 Å². The van der Waals surface area contributed by atoms with E-state index in [4.69, 9.17) is 28.0 Å². The smallest absolute Gasteiger partial charge is 0.394 e. The highest BCUT2D eigenvalue weighted by atomic mass is 31.2. The molecule has 0 spiro atoms. The third-order valence-corrected chi connectivity index (χ3v) is 9.08.